The summed E-state index contributed by atoms with van der Waals surface area (Å²) in [7, 11) is 0. The molecule has 1 saturated carbocycles. The van der Waals surface area contributed by atoms with Crippen molar-refractivity contribution in [2.45, 2.75) is 49.9 Å². The summed E-state index contributed by atoms with van der Waals surface area (Å²) in [6.45, 7) is 2.91. The first kappa shape index (κ1) is 10.5. The minimum atomic E-state index is -0.0122. The third-order valence-corrected chi connectivity index (χ3v) is 4.01. The number of piperidine rings is 1. The van der Waals surface area contributed by atoms with Crippen LogP contribution in [-0.2, 0) is 4.79 Å². The molecular weight excluding hydrogens is 242 g/mol. The van der Waals surface area contributed by atoms with Crippen molar-refractivity contribution in [1.82, 2.24) is 4.90 Å². The molecule has 3 atom stereocenters. The maximum Gasteiger partial charge on any atom is 0.236 e. The van der Waals surface area contributed by atoms with Crippen molar-refractivity contribution in [3.8, 4) is 0 Å². The molecule has 2 nitrogen and oxygen atoms in total. The zero-order valence-electron chi connectivity index (χ0n) is 8.71. The molecule has 2 rings (SSSR count). The van der Waals surface area contributed by atoms with Gasteiger partial charge in [0.2, 0.25) is 5.91 Å². The van der Waals surface area contributed by atoms with E-state index in [1.807, 2.05) is 6.92 Å². The summed E-state index contributed by atoms with van der Waals surface area (Å²) in [5.74, 6) is 1.10. The molecule has 2 fully saturated rings. The summed E-state index contributed by atoms with van der Waals surface area (Å²) in [5, 5.41) is 0. The van der Waals surface area contributed by atoms with Crippen LogP contribution in [-0.4, -0.2) is 28.2 Å². The van der Waals surface area contributed by atoms with E-state index >= 15 is 0 Å². The Bertz CT molecular complexity index is 229. The van der Waals surface area contributed by atoms with Gasteiger partial charge in [0.25, 0.3) is 0 Å². The largest absolute Gasteiger partial charge is 0.338 e. The number of rotatable bonds is 1. The third kappa shape index (κ3) is 1.83. The normalized spacial score (nSPS) is 34.0. The molecule has 14 heavy (non-hydrogen) atoms. The minimum absolute atomic E-state index is 0.0122. The van der Waals surface area contributed by atoms with E-state index in [4.69, 9.17) is 0 Å². The molecule has 1 amide bonds. The number of hydrogen-bond acceptors (Lipinski definition) is 1. The monoisotopic (exact) mass is 259 g/mol. The van der Waals surface area contributed by atoms with Gasteiger partial charge in [-0.25, -0.2) is 0 Å². The Kier molecular flexibility index (Phi) is 3.15. The van der Waals surface area contributed by atoms with Crippen LogP contribution in [0.3, 0.4) is 0 Å². The Morgan fingerprint density at radius 2 is 2.07 bits per heavy atom. The Morgan fingerprint density at radius 1 is 1.36 bits per heavy atom. The first-order chi connectivity index (χ1) is 6.70. The van der Waals surface area contributed by atoms with Gasteiger partial charge < -0.3 is 4.90 Å². The fourth-order valence-corrected chi connectivity index (χ4v) is 3.22. The van der Waals surface area contributed by atoms with Gasteiger partial charge in [-0.2, -0.15) is 0 Å². The molecule has 1 aliphatic heterocycles. The van der Waals surface area contributed by atoms with Gasteiger partial charge in [0.15, 0.2) is 0 Å². The van der Waals surface area contributed by atoms with Crippen LogP contribution in [0.2, 0.25) is 0 Å². The molecule has 1 heterocycles. The van der Waals surface area contributed by atoms with Crippen molar-refractivity contribution >= 4 is 21.8 Å². The van der Waals surface area contributed by atoms with E-state index in [1.165, 1.54) is 32.1 Å². The first-order valence-electron chi connectivity index (χ1n) is 5.64. The van der Waals surface area contributed by atoms with Crippen LogP contribution in [0.4, 0.5) is 0 Å². The number of halogens is 1. The Balaban J connectivity index is 2.06. The number of carbonyl (C=O) groups is 1. The molecule has 2 aliphatic rings. The molecule has 0 aromatic rings. The van der Waals surface area contributed by atoms with Crippen LogP contribution < -0.4 is 0 Å². The SMILES string of the molecule is CC(Br)C(=O)N1CCCC2CCCC21. The summed E-state index contributed by atoms with van der Waals surface area (Å²) < 4.78 is 0. The second-order valence-electron chi connectivity index (χ2n) is 4.55. The van der Waals surface area contributed by atoms with Crippen LogP contribution in [0.15, 0.2) is 0 Å². The van der Waals surface area contributed by atoms with Crippen LogP contribution in [0.5, 0.6) is 0 Å². The van der Waals surface area contributed by atoms with Crippen LogP contribution >= 0.6 is 15.9 Å². The van der Waals surface area contributed by atoms with Gasteiger partial charge in [-0.3, -0.25) is 4.79 Å². The highest BCUT2D eigenvalue weighted by Gasteiger charge is 2.37. The highest BCUT2D eigenvalue weighted by molar-refractivity contribution is 9.10. The van der Waals surface area contributed by atoms with E-state index in [1.54, 1.807) is 0 Å². The molecule has 0 spiro atoms. The van der Waals surface area contributed by atoms with Crippen molar-refractivity contribution in [1.29, 1.82) is 0 Å². The number of fused-ring (bicyclic) bond motifs is 1. The fraction of sp³-hybridized carbons (Fsp3) is 0.909. The number of alkyl halides is 1. The van der Waals surface area contributed by atoms with Gasteiger partial charge in [0, 0.05) is 12.6 Å². The molecule has 3 heteroatoms. The van der Waals surface area contributed by atoms with E-state index in [-0.39, 0.29) is 4.83 Å². The summed E-state index contributed by atoms with van der Waals surface area (Å²) in [4.78, 5) is 14.0. The average Bonchev–Trinajstić information content (AvgIpc) is 2.63. The topological polar surface area (TPSA) is 20.3 Å². The lowest BCUT2D eigenvalue weighted by Gasteiger charge is -2.38. The maximum absolute atomic E-state index is 11.9. The van der Waals surface area contributed by atoms with E-state index in [0.29, 0.717) is 11.9 Å². The summed E-state index contributed by atoms with van der Waals surface area (Å²) in [6.07, 6.45) is 6.43. The molecule has 0 aromatic carbocycles. The highest BCUT2D eigenvalue weighted by Crippen LogP contribution is 2.37. The molecule has 80 valence electrons. The predicted molar refractivity (Wildman–Crippen MR) is 60.5 cm³/mol. The fourth-order valence-electron chi connectivity index (χ4n) is 2.96. The smallest absolute Gasteiger partial charge is 0.236 e. The quantitative estimate of drug-likeness (QED) is 0.663. The second kappa shape index (κ2) is 4.21. The van der Waals surface area contributed by atoms with Crippen LogP contribution in [0.25, 0.3) is 0 Å². The summed E-state index contributed by atoms with van der Waals surface area (Å²) in [5.41, 5.74) is 0. The van der Waals surface area contributed by atoms with Crippen LogP contribution in [0.1, 0.15) is 39.0 Å². The zero-order valence-corrected chi connectivity index (χ0v) is 10.3. The van der Waals surface area contributed by atoms with Gasteiger partial charge in [-0.05, 0) is 38.5 Å². The molecule has 0 aromatic heterocycles. The Morgan fingerprint density at radius 3 is 2.79 bits per heavy atom. The summed E-state index contributed by atoms with van der Waals surface area (Å²) >= 11 is 3.38. The average molecular weight is 260 g/mol. The highest BCUT2D eigenvalue weighted by atomic mass is 79.9. The predicted octanol–water partition coefficient (Wildman–Crippen LogP) is 2.56. The lowest BCUT2D eigenvalue weighted by atomic mass is 9.92. The lowest BCUT2D eigenvalue weighted by Crippen LogP contribution is -2.48. The third-order valence-electron chi connectivity index (χ3n) is 3.62. The van der Waals surface area contributed by atoms with E-state index in [9.17, 15) is 4.79 Å². The van der Waals surface area contributed by atoms with E-state index < -0.39 is 0 Å². The van der Waals surface area contributed by atoms with Crippen molar-refractivity contribution in [2.24, 2.45) is 5.92 Å². The molecule has 0 bridgehead atoms. The van der Waals surface area contributed by atoms with Crippen molar-refractivity contribution in [2.75, 3.05) is 6.54 Å². The summed E-state index contributed by atoms with van der Waals surface area (Å²) in [6, 6.07) is 0.566. The van der Waals surface area contributed by atoms with Gasteiger partial charge in [0.05, 0.1) is 4.83 Å². The number of amides is 1. The van der Waals surface area contributed by atoms with Crippen molar-refractivity contribution < 1.29 is 4.79 Å². The number of hydrogen-bond donors (Lipinski definition) is 0. The molecule has 0 radical (unpaired) electrons. The minimum Gasteiger partial charge on any atom is -0.338 e. The van der Waals surface area contributed by atoms with Crippen LogP contribution in [0, 0.1) is 5.92 Å². The Labute approximate surface area is 94.2 Å². The molecule has 1 aliphatic carbocycles. The second-order valence-corrected chi connectivity index (χ2v) is 5.92. The lowest BCUT2D eigenvalue weighted by molar-refractivity contribution is -0.134. The standard InChI is InChI=1S/C11H18BrNO/c1-8(12)11(14)13-7-3-5-9-4-2-6-10(9)13/h8-10H,2-7H2,1H3. The molecule has 3 unspecified atom stereocenters. The van der Waals surface area contributed by atoms with Crippen molar-refractivity contribution in [3.63, 3.8) is 0 Å². The molecular formula is C11H18BrNO. The van der Waals surface area contributed by atoms with E-state index in [0.717, 1.165) is 12.5 Å². The molecule has 0 N–H and O–H groups in total. The van der Waals surface area contributed by atoms with Gasteiger partial charge in [-0.15, -0.1) is 0 Å². The number of nitrogens with zero attached hydrogens (tertiary/aromatic N) is 1. The maximum atomic E-state index is 11.9. The van der Waals surface area contributed by atoms with E-state index in [2.05, 4.69) is 20.8 Å². The zero-order chi connectivity index (χ0) is 10.1. The Hall–Kier alpha value is -0.0500. The number of likely N-dealkylation sites (tertiary alicyclic amines) is 1. The van der Waals surface area contributed by atoms with Gasteiger partial charge in [-0.1, -0.05) is 22.4 Å². The van der Waals surface area contributed by atoms with Gasteiger partial charge >= 0.3 is 0 Å². The van der Waals surface area contributed by atoms with Crippen molar-refractivity contribution in [3.05, 3.63) is 0 Å². The first-order valence-corrected chi connectivity index (χ1v) is 6.56. The number of carbonyl (C=O) groups excluding carboxylic acids is 1. The van der Waals surface area contributed by atoms with Gasteiger partial charge in [0.1, 0.15) is 0 Å². The molecule has 1 saturated heterocycles.